The lowest BCUT2D eigenvalue weighted by molar-refractivity contribution is -0.129. The Kier molecular flexibility index (Phi) is 6.57. The van der Waals surface area contributed by atoms with Gasteiger partial charge in [0, 0.05) is 18.6 Å². The van der Waals surface area contributed by atoms with Gasteiger partial charge in [-0.2, -0.15) is 0 Å². The first-order valence-electron chi connectivity index (χ1n) is 5.87. The molecule has 0 aromatic carbocycles. The Balaban J connectivity index is 3.98. The average molecular weight is 215 g/mol. The zero-order chi connectivity index (χ0) is 11.9. The Morgan fingerprint density at radius 1 is 1.40 bits per heavy atom. The van der Waals surface area contributed by atoms with E-state index in [-0.39, 0.29) is 17.9 Å². The lowest BCUT2D eigenvalue weighted by Crippen LogP contribution is -2.39. The maximum atomic E-state index is 11.7. The van der Waals surface area contributed by atoms with Crippen LogP contribution >= 0.6 is 0 Å². The number of carbonyl (C=O) groups excluding carboxylic acids is 1. The molecule has 0 aliphatic rings. The van der Waals surface area contributed by atoms with Crippen molar-refractivity contribution in [3.8, 4) is 0 Å². The molecule has 0 saturated heterocycles. The Labute approximate surface area is 93.3 Å². The number of amides is 1. The van der Waals surface area contributed by atoms with Crippen LogP contribution in [-0.2, 0) is 4.79 Å². The van der Waals surface area contributed by atoms with E-state index in [1.807, 2.05) is 20.8 Å². The van der Waals surface area contributed by atoms with Gasteiger partial charge in [0.15, 0.2) is 0 Å². The SMILES string of the molecule is CCC(CCO)CNC(=O)C(C)(C)CC. The van der Waals surface area contributed by atoms with Crippen LogP contribution in [0.1, 0.15) is 47.0 Å². The maximum absolute atomic E-state index is 11.7. The van der Waals surface area contributed by atoms with E-state index < -0.39 is 0 Å². The smallest absolute Gasteiger partial charge is 0.225 e. The van der Waals surface area contributed by atoms with E-state index in [0.29, 0.717) is 12.5 Å². The second kappa shape index (κ2) is 6.83. The summed E-state index contributed by atoms with van der Waals surface area (Å²) in [4.78, 5) is 11.7. The van der Waals surface area contributed by atoms with E-state index in [1.54, 1.807) is 0 Å². The van der Waals surface area contributed by atoms with Gasteiger partial charge in [0.2, 0.25) is 5.91 Å². The number of hydrogen-bond donors (Lipinski definition) is 2. The van der Waals surface area contributed by atoms with E-state index >= 15 is 0 Å². The van der Waals surface area contributed by atoms with Gasteiger partial charge in [-0.15, -0.1) is 0 Å². The summed E-state index contributed by atoms with van der Waals surface area (Å²) >= 11 is 0. The molecule has 0 bridgehead atoms. The molecule has 1 amide bonds. The molecule has 3 nitrogen and oxygen atoms in total. The van der Waals surface area contributed by atoms with Crippen molar-refractivity contribution in [2.45, 2.75) is 47.0 Å². The number of aliphatic hydroxyl groups is 1. The molecule has 0 aliphatic carbocycles. The second-order valence-electron chi connectivity index (χ2n) is 4.73. The lowest BCUT2D eigenvalue weighted by Gasteiger charge is -2.23. The van der Waals surface area contributed by atoms with Crippen molar-refractivity contribution in [3.05, 3.63) is 0 Å². The molecule has 0 aromatic rings. The summed E-state index contributed by atoms with van der Waals surface area (Å²) in [5, 5.41) is 11.8. The molecule has 90 valence electrons. The second-order valence-corrected chi connectivity index (χ2v) is 4.73. The van der Waals surface area contributed by atoms with Crippen molar-refractivity contribution in [2.75, 3.05) is 13.2 Å². The van der Waals surface area contributed by atoms with E-state index in [0.717, 1.165) is 19.3 Å². The highest BCUT2D eigenvalue weighted by Crippen LogP contribution is 2.19. The maximum Gasteiger partial charge on any atom is 0.225 e. The van der Waals surface area contributed by atoms with Crippen molar-refractivity contribution in [3.63, 3.8) is 0 Å². The minimum Gasteiger partial charge on any atom is -0.396 e. The molecule has 0 aliphatic heterocycles. The minimum absolute atomic E-state index is 0.112. The van der Waals surface area contributed by atoms with Crippen molar-refractivity contribution in [2.24, 2.45) is 11.3 Å². The van der Waals surface area contributed by atoms with Crippen LogP contribution in [0.5, 0.6) is 0 Å². The summed E-state index contributed by atoms with van der Waals surface area (Å²) in [6.07, 6.45) is 2.60. The minimum atomic E-state index is -0.280. The predicted octanol–water partition coefficient (Wildman–Crippen LogP) is 1.95. The number of carbonyl (C=O) groups is 1. The highest BCUT2D eigenvalue weighted by atomic mass is 16.3. The van der Waals surface area contributed by atoms with Crippen LogP contribution in [0.25, 0.3) is 0 Å². The van der Waals surface area contributed by atoms with Gasteiger partial charge in [0.25, 0.3) is 0 Å². The van der Waals surface area contributed by atoms with E-state index in [4.69, 9.17) is 5.11 Å². The van der Waals surface area contributed by atoms with Crippen LogP contribution in [0.15, 0.2) is 0 Å². The zero-order valence-corrected chi connectivity index (χ0v) is 10.5. The molecule has 0 saturated carbocycles. The summed E-state index contributed by atoms with van der Waals surface area (Å²) in [6, 6.07) is 0. The number of aliphatic hydroxyl groups excluding tert-OH is 1. The Morgan fingerprint density at radius 2 is 2.00 bits per heavy atom. The fraction of sp³-hybridized carbons (Fsp3) is 0.917. The Morgan fingerprint density at radius 3 is 2.40 bits per heavy atom. The van der Waals surface area contributed by atoms with Crippen molar-refractivity contribution < 1.29 is 9.90 Å². The highest BCUT2D eigenvalue weighted by Gasteiger charge is 2.25. The van der Waals surface area contributed by atoms with Gasteiger partial charge in [-0.25, -0.2) is 0 Å². The van der Waals surface area contributed by atoms with Crippen molar-refractivity contribution in [1.29, 1.82) is 0 Å². The largest absolute Gasteiger partial charge is 0.396 e. The summed E-state index contributed by atoms with van der Waals surface area (Å²) in [6.45, 7) is 8.89. The van der Waals surface area contributed by atoms with Crippen LogP contribution in [0.2, 0.25) is 0 Å². The monoisotopic (exact) mass is 215 g/mol. The number of rotatable bonds is 7. The molecular formula is C12H25NO2. The van der Waals surface area contributed by atoms with E-state index in [9.17, 15) is 4.79 Å². The van der Waals surface area contributed by atoms with Crippen LogP contribution < -0.4 is 5.32 Å². The molecule has 2 N–H and O–H groups in total. The van der Waals surface area contributed by atoms with Crippen LogP contribution in [0.3, 0.4) is 0 Å². The normalized spacial score (nSPS) is 13.7. The Bertz CT molecular complexity index is 190. The van der Waals surface area contributed by atoms with Crippen LogP contribution in [0.4, 0.5) is 0 Å². The molecule has 0 rings (SSSR count). The third-order valence-electron chi connectivity index (χ3n) is 3.16. The molecule has 0 spiro atoms. The first-order chi connectivity index (χ1) is 6.97. The Hall–Kier alpha value is -0.570. The van der Waals surface area contributed by atoms with Gasteiger partial charge in [-0.1, -0.05) is 34.1 Å². The first kappa shape index (κ1) is 14.4. The molecule has 1 unspecified atom stereocenters. The van der Waals surface area contributed by atoms with Gasteiger partial charge < -0.3 is 10.4 Å². The molecule has 0 radical (unpaired) electrons. The van der Waals surface area contributed by atoms with Crippen molar-refractivity contribution >= 4 is 5.91 Å². The predicted molar refractivity (Wildman–Crippen MR) is 62.6 cm³/mol. The molecule has 0 fully saturated rings. The van der Waals surface area contributed by atoms with E-state index in [2.05, 4.69) is 12.2 Å². The topological polar surface area (TPSA) is 49.3 Å². The number of nitrogens with one attached hydrogen (secondary N) is 1. The fourth-order valence-electron chi connectivity index (χ4n) is 1.27. The van der Waals surface area contributed by atoms with Crippen LogP contribution in [-0.4, -0.2) is 24.2 Å². The third kappa shape index (κ3) is 5.17. The third-order valence-corrected chi connectivity index (χ3v) is 3.16. The van der Waals surface area contributed by atoms with Gasteiger partial charge in [-0.05, 0) is 18.8 Å². The summed E-state index contributed by atoms with van der Waals surface area (Å²) in [5.41, 5.74) is -0.280. The lowest BCUT2D eigenvalue weighted by atomic mass is 9.89. The quantitative estimate of drug-likeness (QED) is 0.682. The standard InChI is InChI=1S/C12H25NO2/c1-5-10(7-8-14)9-13-11(15)12(3,4)6-2/h10,14H,5-9H2,1-4H3,(H,13,15). The average Bonchev–Trinajstić information content (AvgIpc) is 2.23. The molecule has 3 heteroatoms. The van der Waals surface area contributed by atoms with E-state index in [1.165, 1.54) is 0 Å². The molecular weight excluding hydrogens is 190 g/mol. The van der Waals surface area contributed by atoms with Crippen molar-refractivity contribution in [1.82, 2.24) is 5.32 Å². The zero-order valence-electron chi connectivity index (χ0n) is 10.5. The fourth-order valence-corrected chi connectivity index (χ4v) is 1.27. The first-order valence-corrected chi connectivity index (χ1v) is 5.87. The highest BCUT2D eigenvalue weighted by molar-refractivity contribution is 5.81. The molecule has 0 heterocycles. The summed E-state index contributed by atoms with van der Waals surface area (Å²) in [5.74, 6) is 0.507. The van der Waals surface area contributed by atoms with Crippen LogP contribution in [0, 0.1) is 11.3 Å². The van der Waals surface area contributed by atoms with Gasteiger partial charge in [0.05, 0.1) is 0 Å². The van der Waals surface area contributed by atoms with Gasteiger partial charge in [-0.3, -0.25) is 4.79 Å². The molecule has 15 heavy (non-hydrogen) atoms. The summed E-state index contributed by atoms with van der Waals surface area (Å²) in [7, 11) is 0. The number of hydrogen-bond acceptors (Lipinski definition) is 2. The van der Waals surface area contributed by atoms with Gasteiger partial charge >= 0.3 is 0 Å². The summed E-state index contributed by atoms with van der Waals surface area (Å²) < 4.78 is 0. The molecule has 1 atom stereocenters. The van der Waals surface area contributed by atoms with Gasteiger partial charge in [0.1, 0.15) is 0 Å². The molecule has 0 aromatic heterocycles.